The van der Waals surface area contributed by atoms with Crippen molar-refractivity contribution in [1.82, 2.24) is 0 Å². The Morgan fingerprint density at radius 3 is 2.06 bits per heavy atom. The lowest BCUT2D eigenvalue weighted by atomic mass is 9.73. The van der Waals surface area contributed by atoms with Crippen molar-refractivity contribution < 1.29 is 35.8 Å². The maximum absolute atomic E-state index is 15.2. The molecule has 0 bridgehead atoms. The summed E-state index contributed by atoms with van der Waals surface area (Å²) in [6.07, 6.45) is -2.03. The highest BCUT2D eigenvalue weighted by Crippen LogP contribution is 2.48. The van der Waals surface area contributed by atoms with E-state index >= 15 is 4.39 Å². The van der Waals surface area contributed by atoms with Gasteiger partial charge in [0.1, 0.15) is 22.1 Å². The summed E-state index contributed by atoms with van der Waals surface area (Å²) in [7, 11) is -4.81. The maximum Gasteiger partial charge on any atom is 0.387 e. The zero-order chi connectivity index (χ0) is 25.8. The summed E-state index contributed by atoms with van der Waals surface area (Å²) in [6.45, 7) is -3.69. The number of nitrogens with two attached hydrogens (primary N) is 2. The quantitative estimate of drug-likeness (QED) is 0.360. The van der Waals surface area contributed by atoms with Crippen LogP contribution in [0.2, 0.25) is 0 Å². The average molecular weight is 513 g/mol. The van der Waals surface area contributed by atoms with Gasteiger partial charge in [-0.2, -0.15) is 8.78 Å². The molecule has 0 saturated carbocycles. The van der Waals surface area contributed by atoms with E-state index in [0.29, 0.717) is 5.56 Å². The molecule has 0 amide bonds. The van der Waals surface area contributed by atoms with Gasteiger partial charge in [-0.05, 0) is 47.9 Å². The number of rotatable bonds is 10. The molecule has 0 aliphatic rings. The first-order valence-corrected chi connectivity index (χ1v) is 12.0. The summed E-state index contributed by atoms with van der Waals surface area (Å²) >= 11 is 0. The highest BCUT2D eigenvalue weighted by molar-refractivity contribution is 7.90. The Morgan fingerprint density at radius 1 is 0.943 bits per heavy atom. The molecule has 3 rings (SSSR count). The SMILES string of the molecule is NCC(O)C(c1ccccc1F)(C(Cc1ccc(F)cc1)c1ccc(OC(F)F)cc1)S(N)(=O)=O. The van der Waals surface area contributed by atoms with Gasteiger partial charge in [0, 0.05) is 18.0 Å². The van der Waals surface area contributed by atoms with Crippen LogP contribution in [0.3, 0.4) is 0 Å². The Hall–Kier alpha value is -2.99. The highest BCUT2D eigenvalue weighted by atomic mass is 32.2. The van der Waals surface area contributed by atoms with Crippen LogP contribution in [0.15, 0.2) is 72.8 Å². The topological polar surface area (TPSA) is 116 Å². The van der Waals surface area contributed by atoms with E-state index in [1.54, 1.807) is 0 Å². The van der Waals surface area contributed by atoms with Gasteiger partial charge in [-0.15, -0.1) is 0 Å². The van der Waals surface area contributed by atoms with Crippen LogP contribution >= 0.6 is 0 Å². The van der Waals surface area contributed by atoms with E-state index in [4.69, 9.17) is 10.9 Å². The summed E-state index contributed by atoms with van der Waals surface area (Å²) in [5.74, 6) is -2.96. The molecule has 0 aliphatic carbocycles. The summed E-state index contributed by atoms with van der Waals surface area (Å²) in [4.78, 5) is 0. The van der Waals surface area contributed by atoms with E-state index in [9.17, 15) is 26.7 Å². The third kappa shape index (κ3) is 5.48. The number of hydrogen-bond donors (Lipinski definition) is 3. The van der Waals surface area contributed by atoms with Gasteiger partial charge < -0.3 is 15.6 Å². The largest absolute Gasteiger partial charge is 0.435 e. The lowest BCUT2D eigenvalue weighted by Crippen LogP contribution is -2.57. The second kappa shape index (κ2) is 10.7. The van der Waals surface area contributed by atoms with Crippen LogP contribution < -0.4 is 15.6 Å². The minimum absolute atomic E-state index is 0.156. The normalized spacial score (nSPS) is 15.4. The molecule has 0 saturated heterocycles. The number of primary sulfonamides is 1. The summed E-state index contributed by atoms with van der Waals surface area (Å²) in [6, 6.07) is 15.1. The minimum Gasteiger partial charge on any atom is -0.435 e. The van der Waals surface area contributed by atoms with Gasteiger partial charge in [-0.3, -0.25) is 0 Å². The molecule has 35 heavy (non-hydrogen) atoms. The second-order valence-electron chi connectivity index (χ2n) is 7.90. The molecule has 3 aromatic rings. The van der Waals surface area contributed by atoms with Crippen molar-refractivity contribution in [2.45, 2.75) is 29.8 Å². The Labute approximate surface area is 200 Å². The molecule has 11 heteroatoms. The zero-order valence-electron chi connectivity index (χ0n) is 18.3. The number of alkyl halides is 2. The van der Waals surface area contributed by atoms with E-state index in [1.807, 2.05) is 0 Å². The van der Waals surface area contributed by atoms with Crippen molar-refractivity contribution in [3.8, 4) is 5.75 Å². The van der Waals surface area contributed by atoms with E-state index in [2.05, 4.69) is 4.74 Å². The molecule has 0 spiro atoms. The smallest absolute Gasteiger partial charge is 0.387 e. The first kappa shape index (κ1) is 26.6. The van der Waals surface area contributed by atoms with Gasteiger partial charge in [0.05, 0.1) is 6.10 Å². The Morgan fingerprint density at radius 2 is 1.54 bits per heavy atom. The molecule has 5 N–H and O–H groups in total. The standard InChI is InChI=1S/C24H24F4N2O4S/c25-17-9-5-15(6-10-17)13-20(16-7-11-18(12-8-16)34-23(27)28)24(22(31)14-29,35(30,32)33)19-3-1-2-4-21(19)26/h1-12,20,22-23,31H,13-14,29H2,(H2,30,32,33). The van der Waals surface area contributed by atoms with Crippen LogP contribution in [0.4, 0.5) is 17.6 Å². The number of sulfonamides is 1. The molecule has 0 heterocycles. The van der Waals surface area contributed by atoms with Gasteiger partial charge >= 0.3 is 6.61 Å². The average Bonchev–Trinajstić information content (AvgIpc) is 2.80. The predicted molar refractivity (Wildman–Crippen MR) is 122 cm³/mol. The lowest BCUT2D eigenvalue weighted by molar-refractivity contribution is -0.0498. The number of aliphatic hydroxyl groups excluding tert-OH is 1. The molecule has 0 radical (unpaired) electrons. The number of aliphatic hydroxyl groups is 1. The molecule has 0 fully saturated rings. The minimum atomic E-state index is -4.81. The second-order valence-corrected chi connectivity index (χ2v) is 9.67. The monoisotopic (exact) mass is 512 g/mol. The molecular weight excluding hydrogens is 488 g/mol. The van der Waals surface area contributed by atoms with E-state index in [-0.39, 0.29) is 17.7 Å². The number of benzene rings is 3. The van der Waals surface area contributed by atoms with Crippen molar-refractivity contribution in [1.29, 1.82) is 0 Å². The van der Waals surface area contributed by atoms with Crippen LogP contribution in [0.25, 0.3) is 0 Å². The maximum atomic E-state index is 15.2. The predicted octanol–water partition coefficient (Wildman–Crippen LogP) is 3.40. The van der Waals surface area contributed by atoms with Gasteiger partial charge in [-0.25, -0.2) is 22.3 Å². The first-order valence-electron chi connectivity index (χ1n) is 10.4. The van der Waals surface area contributed by atoms with Crippen molar-refractivity contribution in [3.05, 3.63) is 101 Å². The third-order valence-corrected chi connectivity index (χ3v) is 7.58. The summed E-state index contributed by atoms with van der Waals surface area (Å²) in [5.41, 5.74) is 5.94. The molecule has 3 atom stereocenters. The molecule has 0 aromatic heterocycles. The third-order valence-electron chi connectivity index (χ3n) is 5.86. The summed E-state index contributed by atoms with van der Waals surface area (Å²) < 4.78 is 82.4. The lowest BCUT2D eigenvalue weighted by Gasteiger charge is -2.43. The molecule has 188 valence electrons. The van der Waals surface area contributed by atoms with Crippen LogP contribution in [-0.4, -0.2) is 32.8 Å². The van der Waals surface area contributed by atoms with Crippen molar-refractivity contribution in [2.24, 2.45) is 10.9 Å². The van der Waals surface area contributed by atoms with E-state index < -0.39 is 57.1 Å². The number of hydrogen-bond acceptors (Lipinski definition) is 5. The molecule has 3 aromatic carbocycles. The van der Waals surface area contributed by atoms with Crippen molar-refractivity contribution in [3.63, 3.8) is 0 Å². The summed E-state index contributed by atoms with van der Waals surface area (Å²) in [5, 5.41) is 16.8. The van der Waals surface area contributed by atoms with E-state index in [1.165, 1.54) is 54.6 Å². The molecule has 0 aliphatic heterocycles. The molecule has 6 nitrogen and oxygen atoms in total. The fraction of sp³-hybridized carbons (Fsp3) is 0.250. The van der Waals surface area contributed by atoms with E-state index in [0.717, 1.165) is 18.2 Å². The van der Waals surface area contributed by atoms with Gasteiger partial charge in [0.25, 0.3) is 0 Å². The van der Waals surface area contributed by atoms with Crippen LogP contribution in [-0.2, 0) is 21.2 Å². The fourth-order valence-electron chi connectivity index (χ4n) is 4.35. The van der Waals surface area contributed by atoms with Gasteiger partial charge in [-0.1, -0.05) is 42.5 Å². The Balaban J connectivity index is 2.33. The fourth-order valence-corrected chi connectivity index (χ4v) is 5.91. The van der Waals surface area contributed by atoms with Gasteiger partial charge in [0.2, 0.25) is 10.0 Å². The number of halogens is 4. The highest BCUT2D eigenvalue weighted by Gasteiger charge is 2.56. The number of ether oxygens (including phenoxy) is 1. The van der Waals surface area contributed by atoms with Gasteiger partial charge in [0.15, 0.2) is 0 Å². The van der Waals surface area contributed by atoms with Crippen LogP contribution in [0, 0.1) is 11.6 Å². The van der Waals surface area contributed by atoms with Crippen LogP contribution in [0.5, 0.6) is 5.75 Å². The first-order chi connectivity index (χ1) is 16.5. The zero-order valence-corrected chi connectivity index (χ0v) is 19.1. The van der Waals surface area contributed by atoms with Crippen molar-refractivity contribution >= 4 is 10.0 Å². The Kier molecular flexibility index (Phi) is 8.16. The molecule has 3 unspecified atom stereocenters. The molecular formula is C24H24F4N2O4S. The van der Waals surface area contributed by atoms with Crippen molar-refractivity contribution in [2.75, 3.05) is 6.54 Å². The Bertz CT molecular complexity index is 1240. The van der Waals surface area contributed by atoms with Crippen LogP contribution in [0.1, 0.15) is 22.6 Å².